The van der Waals surface area contributed by atoms with Gasteiger partial charge >= 0.3 is 0 Å². The van der Waals surface area contributed by atoms with Gasteiger partial charge in [-0.2, -0.15) is 9.97 Å². The van der Waals surface area contributed by atoms with E-state index in [0.29, 0.717) is 17.6 Å². The number of hydrogen-bond donors (Lipinski definition) is 0. The van der Waals surface area contributed by atoms with Crippen molar-refractivity contribution in [1.29, 1.82) is 0 Å². The predicted octanol–water partition coefficient (Wildman–Crippen LogP) is 13.0. The standard InChI is InChI=1S/C52H35N5/c1-34-53-51(37-19-9-4-10-20-37)55-52(54-34)57-48-24-14-12-22-44(48)46-33-39(26-28-50(46)57)38-25-27-49-45(32-38)43-21-11-13-23-47(43)56(49)42-30-40(35-15-5-2-6-16-35)29-41(31-42)36-17-7-3-8-18-36/h2-33H,1H3. The Morgan fingerprint density at radius 2 is 0.772 bits per heavy atom. The molecule has 5 heteroatoms. The third-order valence-electron chi connectivity index (χ3n) is 11.0. The van der Waals surface area contributed by atoms with E-state index >= 15 is 0 Å². The zero-order valence-electron chi connectivity index (χ0n) is 31.2. The summed E-state index contributed by atoms with van der Waals surface area (Å²) in [7, 11) is 0. The van der Waals surface area contributed by atoms with E-state index in [1.165, 1.54) is 44.1 Å². The van der Waals surface area contributed by atoms with E-state index in [0.717, 1.165) is 44.2 Å². The number of rotatable bonds is 6. The molecule has 0 atom stereocenters. The minimum atomic E-state index is 0.612. The molecule has 5 nitrogen and oxygen atoms in total. The van der Waals surface area contributed by atoms with E-state index in [9.17, 15) is 0 Å². The number of fused-ring (bicyclic) bond motifs is 6. The molecule has 0 aliphatic heterocycles. The highest BCUT2D eigenvalue weighted by molar-refractivity contribution is 6.12. The van der Waals surface area contributed by atoms with E-state index < -0.39 is 0 Å². The van der Waals surface area contributed by atoms with Gasteiger partial charge in [-0.15, -0.1) is 0 Å². The summed E-state index contributed by atoms with van der Waals surface area (Å²) in [6.07, 6.45) is 0. The highest BCUT2D eigenvalue weighted by Gasteiger charge is 2.19. The molecule has 0 amide bonds. The Bertz CT molecular complexity index is 3230. The molecule has 3 aromatic heterocycles. The molecule has 0 aliphatic rings. The molecule has 11 rings (SSSR count). The second-order valence-corrected chi connectivity index (χ2v) is 14.5. The highest BCUT2D eigenvalue weighted by atomic mass is 15.2. The number of para-hydroxylation sites is 2. The van der Waals surface area contributed by atoms with Crippen LogP contribution in [0.3, 0.4) is 0 Å². The number of aromatic nitrogens is 5. The van der Waals surface area contributed by atoms with Crippen molar-refractivity contribution in [2.75, 3.05) is 0 Å². The smallest absolute Gasteiger partial charge is 0.238 e. The van der Waals surface area contributed by atoms with E-state index in [1.54, 1.807) is 0 Å². The lowest BCUT2D eigenvalue weighted by molar-refractivity contribution is 0.907. The second-order valence-electron chi connectivity index (χ2n) is 14.5. The van der Waals surface area contributed by atoms with Crippen LogP contribution in [-0.4, -0.2) is 24.1 Å². The third-order valence-corrected chi connectivity index (χ3v) is 11.0. The highest BCUT2D eigenvalue weighted by Crippen LogP contribution is 2.39. The number of nitrogens with zero attached hydrogens (tertiary/aromatic N) is 5. The molecule has 11 aromatic rings. The third kappa shape index (κ3) is 5.59. The molecule has 0 spiro atoms. The van der Waals surface area contributed by atoms with Crippen molar-refractivity contribution < 1.29 is 0 Å². The van der Waals surface area contributed by atoms with Crippen LogP contribution in [0.4, 0.5) is 0 Å². The van der Waals surface area contributed by atoms with Crippen molar-refractivity contribution in [2.45, 2.75) is 6.92 Å². The summed E-state index contributed by atoms with van der Waals surface area (Å²) in [5.74, 6) is 1.95. The molecule has 0 unspecified atom stereocenters. The lowest BCUT2D eigenvalue weighted by Gasteiger charge is -2.14. The molecule has 0 fully saturated rings. The molecule has 0 aliphatic carbocycles. The number of aryl methyl sites for hydroxylation is 1. The van der Waals surface area contributed by atoms with Crippen LogP contribution in [0.15, 0.2) is 194 Å². The van der Waals surface area contributed by atoms with Gasteiger partial charge in [0.2, 0.25) is 5.95 Å². The predicted molar refractivity (Wildman–Crippen MR) is 235 cm³/mol. The van der Waals surface area contributed by atoms with Crippen LogP contribution in [0.25, 0.3) is 100 Å². The first-order valence-corrected chi connectivity index (χ1v) is 19.3. The SMILES string of the molecule is Cc1nc(-c2ccccc2)nc(-n2c3ccccc3c3cc(-c4ccc5c(c4)c4ccccc4n5-c4cc(-c5ccccc5)cc(-c5ccccc5)c4)ccc32)n1. The van der Waals surface area contributed by atoms with E-state index in [4.69, 9.17) is 15.0 Å². The van der Waals surface area contributed by atoms with Crippen molar-refractivity contribution in [3.8, 4) is 56.4 Å². The number of hydrogen-bond acceptors (Lipinski definition) is 3. The molecule has 268 valence electrons. The molecule has 57 heavy (non-hydrogen) atoms. The summed E-state index contributed by atoms with van der Waals surface area (Å²) in [4.78, 5) is 14.6. The van der Waals surface area contributed by atoms with Crippen LogP contribution < -0.4 is 0 Å². The molecule has 0 saturated heterocycles. The van der Waals surface area contributed by atoms with Crippen LogP contribution in [0, 0.1) is 6.92 Å². The van der Waals surface area contributed by atoms with Crippen molar-refractivity contribution in [3.63, 3.8) is 0 Å². The van der Waals surface area contributed by atoms with Crippen molar-refractivity contribution in [2.24, 2.45) is 0 Å². The Morgan fingerprint density at radius 3 is 1.33 bits per heavy atom. The van der Waals surface area contributed by atoms with Gasteiger partial charge in [-0.1, -0.05) is 140 Å². The van der Waals surface area contributed by atoms with Gasteiger partial charge in [0.1, 0.15) is 5.82 Å². The van der Waals surface area contributed by atoms with Crippen LogP contribution >= 0.6 is 0 Å². The lowest BCUT2D eigenvalue weighted by atomic mass is 9.98. The molecule has 0 bridgehead atoms. The van der Waals surface area contributed by atoms with Crippen LogP contribution in [0.2, 0.25) is 0 Å². The first kappa shape index (κ1) is 32.8. The van der Waals surface area contributed by atoms with Gasteiger partial charge in [0.05, 0.1) is 22.1 Å². The van der Waals surface area contributed by atoms with E-state index in [2.05, 4.69) is 173 Å². The lowest BCUT2D eigenvalue weighted by Crippen LogP contribution is -2.06. The van der Waals surface area contributed by atoms with E-state index in [1.807, 2.05) is 37.3 Å². The van der Waals surface area contributed by atoms with Gasteiger partial charge in [0, 0.05) is 32.8 Å². The summed E-state index contributed by atoms with van der Waals surface area (Å²) >= 11 is 0. The molecular weight excluding hydrogens is 695 g/mol. The van der Waals surface area contributed by atoms with E-state index in [-0.39, 0.29) is 0 Å². The maximum atomic E-state index is 5.00. The summed E-state index contributed by atoms with van der Waals surface area (Å²) in [5, 5.41) is 4.74. The van der Waals surface area contributed by atoms with Gasteiger partial charge in [-0.25, -0.2) is 4.98 Å². The fraction of sp³-hybridized carbons (Fsp3) is 0.0192. The largest absolute Gasteiger partial charge is 0.309 e. The van der Waals surface area contributed by atoms with Crippen LogP contribution in [0.5, 0.6) is 0 Å². The Morgan fingerprint density at radius 1 is 0.316 bits per heavy atom. The molecule has 0 N–H and O–H groups in total. The van der Waals surface area contributed by atoms with Crippen LogP contribution in [0.1, 0.15) is 5.82 Å². The normalized spacial score (nSPS) is 11.6. The first-order valence-electron chi connectivity index (χ1n) is 19.3. The first-order chi connectivity index (χ1) is 28.2. The molecule has 0 saturated carbocycles. The topological polar surface area (TPSA) is 48.5 Å². The zero-order valence-corrected chi connectivity index (χ0v) is 31.2. The molecule has 0 radical (unpaired) electrons. The molecule has 3 heterocycles. The Balaban J connectivity index is 1.08. The quantitative estimate of drug-likeness (QED) is 0.171. The Kier molecular flexibility index (Phi) is 7.64. The Hall–Kier alpha value is -7.63. The van der Waals surface area contributed by atoms with Gasteiger partial charge < -0.3 is 4.57 Å². The molecular formula is C52H35N5. The van der Waals surface area contributed by atoms with Crippen LogP contribution in [-0.2, 0) is 0 Å². The summed E-state index contributed by atoms with van der Waals surface area (Å²) in [6.45, 7) is 1.93. The number of benzene rings is 8. The maximum Gasteiger partial charge on any atom is 0.238 e. The maximum absolute atomic E-state index is 5.00. The van der Waals surface area contributed by atoms with Gasteiger partial charge in [-0.05, 0) is 94.9 Å². The summed E-state index contributed by atoms with van der Waals surface area (Å²) in [5.41, 5.74) is 13.6. The monoisotopic (exact) mass is 729 g/mol. The fourth-order valence-corrected chi connectivity index (χ4v) is 8.42. The summed E-state index contributed by atoms with van der Waals surface area (Å²) in [6, 6.07) is 69.3. The average molecular weight is 730 g/mol. The zero-order chi connectivity index (χ0) is 37.9. The second kappa shape index (κ2) is 13.3. The van der Waals surface area contributed by atoms with Gasteiger partial charge in [-0.3, -0.25) is 4.57 Å². The van der Waals surface area contributed by atoms with Gasteiger partial charge in [0.25, 0.3) is 0 Å². The minimum Gasteiger partial charge on any atom is -0.309 e. The van der Waals surface area contributed by atoms with Crippen molar-refractivity contribution in [3.05, 3.63) is 200 Å². The van der Waals surface area contributed by atoms with Crippen molar-refractivity contribution >= 4 is 43.6 Å². The molecule has 8 aromatic carbocycles. The van der Waals surface area contributed by atoms with Gasteiger partial charge in [0.15, 0.2) is 5.82 Å². The minimum absolute atomic E-state index is 0.612. The average Bonchev–Trinajstić information content (AvgIpc) is 3.79. The Labute approximate surface area is 329 Å². The fourth-order valence-electron chi connectivity index (χ4n) is 8.42. The van der Waals surface area contributed by atoms with Crippen molar-refractivity contribution in [1.82, 2.24) is 24.1 Å². The summed E-state index contributed by atoms with van der Waals surface area (Å²) < 4.78 is 4.59.